The first-order valence-electron chi connectivity index (χ1n) is 9.78. The van der Waals surface area contributed by atoms with Gasteiger partial charge >= 0.3 is 0 Å². The molecule has 1 saturated carbocycles. The minimum absolute atomic E-state index is 0.318. The molecule has 0 amide bonds. The van der Waals surface area contributed by atoms with Crippen LogP contribution in [0.5, 0.6) is 0 Å². The predicted molar refractivity (Wildman–Crippen MR) is 101 cm³/mol. The molecule has 2 heterocycles. The zero-order chi connectivity index (χ0) is 16.7. The highest BCUT2D eigenvalue weighted by Crippen LogP contribution is 2.34. The van der Waals surface area contributed by atoms with E-state index in [1.807, 2.05) is 0 Å². The van der Waals surface area contributed by atoms with Crippen molar-refractivity contribution in [2.24, 2.45) is 11.7 Å². The van der Waals surface area contributed by atoms with Gasteiger partial charge in [0.25, 0.3) is 0 Å². The van der Waals surface area contributed by atoms with Crippen molar-refractivity contribution in [3.63, 3.8) is 0 Å². The molecule has 1 unspecified atom stereocenters. The first-order chi connectivity index (χ1) is 11.7. The number of nitrogens with zero attached hydrogens (tertiary/aromatic N) is 1. The van der Waals surface area contributed by atoms with E-state index >= 15 is 0 Å². The van der Waals surface area contributed by atoms with Gasteiger partial charge in [-0.05, 0) is 67.3 Å². The van der Waals surface area contributed by atoms with Gasteiger partial charge in [-0.15, -0.1) is 0 Å². The van der Waals surface area contributed by atoms with E-state index < -0.39 is 0 Å². The second kappa shape index (κ2) is 6.53. The summed E-state index contributed by atoms with van der Waals surface area (Å²) in [5.74, 6) is 0.727. The molecular weight excluding hydrogens is 294 g/mol. The topological polar surface area (TPSA) is 43.0 Å². The Balaban J connectivity index is 1.76. The minimum atomic E-state index is 0.318. The molecule has 24 heavy (non-hydrogen) atoms. The molecule has 3 nitrogen and oxygen atoms in total. The maximum atomic E-state index is 6.65. The fraction of sp³-hybridized carbons (Fsp3) is 0.619. The summed E-state index contributed by atoms with van der Waals surface area (Å²) in [6.45, 7) is 7.70. The third kappa shape index (κ3) is 2.68. The van der Waals surface area contributed by atoms with E-state index in [9.17, 15) is 0 Å². The summed E-state index contributed by atoms with van der Waals surface area (Å²) in [6, 6.07) is 5.19. The quantitative estimate of drug-likeness (QED) is 0.872. The zero-order valence-corrected chi connectivity index (χ0v) is 15.2. The van der Waals surface area contributed by atoms with Crippen LogP contribution in [0, 0.1) is 12.8 Å². The van der Waals surface area contributed by atoms with Crippen LogP contribution < -0.4 is 11.1 Å². The van der Waals surface area contributed by atoms with Crippen molar-refractivity contribution < 1.29 is 0 Å². The second-order valence-electron chi connectivity index (χ2n) is 7.87. The monoisotopic (exact) mass is 325 g/mol. The molecule has 1 atom stereocenters. The van der Waals surface area contributed by atoms with Crippen LogP contribution in [0.3, 0.4) is 0 Å². The van der Waals surface area contributed by atoms with Crippen LogP contribution in [0.2, 0.25) is 0 Å². The Hall–Kier alpha value is -1.32. The van der Waals surface area contributed by atoms with Crippen LogP contribution in [0.1, 0.15) is 61.4 Å². The number of nitrogens with one attached hydrogen (secondary N) is 1. The van der Waals surface area contributed by atoms with Crippen molar-refractivity contribution >= 4 is 10.9 Å². The smallest absolute Gasteiger partial charge is 0.0488 e. The van der Waals surface area contributed by atoms with Gasteiger partial charge in [-0.3, -0.25) is 0 Å². The Morgan fingerprint density at radius 2 is 1.92 bits per heavy atom. The van der Waals surface area contributed by atoms with Gasteiger partial charge in [-0.1, -0.05) is 19.8 Å². The molecule has 3 N–H and O–H groups in total. The highest BCUT2D eigenvalue weighted by Gasteiger charge is 2.25. The van der Waals surface area contributed by atoms with Crippen LogP contribution >= 0.6 is 0 Å². The molecular formula is C21H31N3. The number of benzene rings is 1. The van der Waals surface area contributed by atoms with Gasteiger partial charge in [-0.25, -0.2) is 0 Å². The van der Waals surface area contributed by atoms with Crippen molar-refractivity contribution in [2.75, 3.05) is 0 Å². The fourth-order valence-electron chi connectivity index (χ4n) is 4.90. The second-order valence-corrected chi connectivity index (χ2v) is 7.87. The SMILES string of the molecule is CCCn1c(C)c(CC(N)C2CCCC2)c2cc3c(cc21)CNC3. The normalized spacial score (nSPS) is 19.3. The number of fused-ring (bicyclic) bond motifs is 2. The van der Waals surface area contributed by atoms with Crippen LogP contribution in [0.4, 0.5) is 0 Å². The lowest BCUT2D eigenvalue weighted by atomic mass is 9.91. The Bertz CT molecular complexity index is 737. The van der Waals surface area contributed by atoms with Gasteiger partial charge in [0.05, 0.1) is 0 Å². The van der Waals surface area contributed by atoms with Crippen LogP contribution in [-0.4, -0.2) is 10.6 Å². The Morgan fingerprint density at radius 1 is 1.21 bits per heavy atom. The Kier molecular flexibility index (Phi) is 4.40. The summed E-state index contributed by atoms with van der Waals surface area (Å²) >= 11 is 0. The number of aryl methyl sites for hydroxylation is 1. The largest absolute Gasteiger partial charge is 0.345 e. The van der Waals surface area contributed by atoms with Crippen molar-refractivity contribution in [3.8, 4) is 0 Å². The molecule has 1 fully saturated rings. The third-order valence-electron chi connectivity index (χ3n) is 6.30. The number of aromatic nitrogens is 1. The summed E-state index contributed by atoms with van der Waals surface area (Å²) in [5, 5.41) is 4.94. The lowest BCUT2D eigenvalue weighted by Crippen LogP contribution is -2.30. The Morgan fingerprint density at radius 3 is 2.62 bits per heavy atom. The molecule has 0 saturated heterocycles. The lowest BCUT2D eigenvalue weighted by molar-refractivity contribution is 0.429. The summed E-state index contributed by atoms with van der Waals surface area (Å²) < 4.78 is 2.53. The number of nitrogens with two attached hydrogens (primary N) is 1. The molecule has 1 aliphatic heterocycles. The van der Waals surface area contributed by atoms with Crippen LogP contribution in [0.25, 0.3) is 10.9 Å². The molecule has 0 bridgehead atoms. The minimum Gasteiger partial charge on any atom is -0.345 e. The van der Waals surface area contributed by atoms with Gasteiger partial charge in [-0.2, -0.15) is 0 Å². The highest BCUT2D eigenvalue weighted by molar-refractivity contribution is 5.87. The van der Waals surface area contributed by atoms with E-state index in [4.69, 9.17) is 5.73 Å². The molecule has 1 aromatic carbocycles. The molecule has 0 radical (unpaired) electrons. The molecule has 2 aromatic rings. The summed E-state index contributed by atoms with van der Waals surface area (Å²) in [4.78, 5) is 0. The van der Waals surface area contributed by atoms with Crippen molar-refractivity contribution in [2.45, 2.75) is 78.0 Å². The molecule has 3 heteroatoms. The summed E-state index contributed by atoms with van der Waals surface area (Å²) in [6.07, 6.45) is 7.60. The zero-order valence-electron chi connectivity index (χ0n) is 15.2. The summed E-state index contributed by atoms with van der Waals surface area (Å²) in [7, 11) is 0. The highest BCUT2D eigenvalue weighted by atomic mass is 15.0. The van der Waals surface area contributed by atoms with Gasteiger partial charge in [0.2, 0.25) is 0 Å². The predicted octanol–water partition coefficient (Wildman–Crippen LogP) is 4.02. The lowest BCUT2D eigenvalue weighted by Gasteiger charge is -2.19. The van der Waals surface area contributed by atoms with Gasteiger partial charge in [0.15, 0.2) is 0 Å². The van der Waals surface area contributed by atoms with Gasteiger partial charge < -0.3 is 15.6 Å². The number of hydrogen-bond donors (Lipinski definition) is 2. The first kappa shape index (κ1) is 16.2. The molecule has 1 aromatic heterocycles. The summed E-state index contributed by atoms with van der Waals surface area (Å²) in [5.41, 5.74) is 14.0. The molecule has 0 spiro atoms. The molecule has 4 rings (SSSR count). The standard InChI is InChI=1S/C21H31N3/c1-3-8-24-14(2)18(11-20(22)15-6-4-5-7-15)19-9-16-12-23-13-17(16)10-21(19)24/h9-10,15,20,23H,3-8,11-13,22H2,1-2H3. The maximum absolute atomic E-state index is 6.65. The Labute approximate surface area is 145 Å². The van der Waals surface area contributed by atoms with E-state index in [0.717, 1.165) is 32.0 Å². The van der Waals surface area contributed by atoms with Crippen molar-refractivity contribution in [1.29, 1.82) is 0 Å². The fourth-order valence-corrected chi connectivity index (χ4v) is 4.90. The van der Waals surface area contributed by atoms with E-state index in [1.54, 1.807) is 0 Å². The van der Waals surface area contributed by atoms with E-state index in [-0.39, 0.29) is 0 Å². The van der Waals surface area contributed by atoms with Crippen LogP contribution in [-0.2, 0) is 26.1 Å². The maximum Gasteiger partial charge on any atom is 0.0488 e. The van der Waals surface area contributed by atoms with E-state index in [1.165, 1.54) is 65.4 Å². The molecule has 2 aliphatic rings. The van der Waals surface area contributed by atoms with Crippen LogP contribution in [0.15, 0.2) is 12.1 Å². The van der Waals surface area contributed by atoms with E-state index in [2.05, 4.69) is 35.9 Å². The average molecular weight is 326 g/mol. The van der Waals surface area contributed by atoms with Gasteiger partial charge in [0, 0.05) is 42.3 Å². The van der Waals surface area contributed by atoms with Gasteiger partial charge in [0.1, 0.15) is 0 Å². The van der Waals surface area contributed by atoms with E-state index in [0.29, 0.717) is 6.04 Å². The third-order valence-corrected chi connectivity index (χ3v) is 6.30. The first-order valence-corrected chi connectivity index (χ1v) is 9.78. The molecule has 130 valence electrons. The van der Waals surface area contributed by atoms with Crippen molar-refractivity contribution in [1.82, 2.24) is 9.88 Å². The number of hydrogen-bond acceptors (Lipinski definition) is 2. The number of rotatable bonds is 5. The average Bonchev–Trinajstić information content (AvgIpc) is 3.29. The molecule has 1 aliphatic carbocycles. The van der Waals surface area contributed by atoms with Crippen molar-refractivity contribution in [3.05, 3.63) is 34.5 Å².